The zero-order valence-electron chi connectivity index (χ0n) is 11.2. The van der Waals surface area contributed by atoms with Crippen LogP contribution in [0.15, 0.2) is 24.3 Å². The first-order valence-corrected chi connectivity index (χ1v) is 6.90. The molecule has 1 aliphatic rings. The first kappa shape index (κ1) is 14.7. The molecule has 0 aliphatic heterocycles. The number of nitrogens with one attached hydrogen (secondary N) is 1. The highest BCUT2D eigenvalue weighted by atomic mass is 35.5. The first-order valence-electron chi connectivity index (χ1n) is 6.53. The van der Waals surface area contributed by atoms with Gasteiger partial charge in [-0.05, 0) is 43.9 Å². The second-order valence-electron chi connectivity index (χ2n) is 5.04. The van der Waals surface area contributed by atoms with E-state index in [-0.39, 0.29) is 6.04 Å². The molecule has 5 nitrogen and oxygen atoms in total. The molecule has 20 heavy (non-hydrogen) atoms. The number of nitrogens with zero attached hydrogens (tertiary/aromatic N) is 1. The fraction of sp³-hybridized carbons (Fsp3) is 0.429. The van der Waals surface area contributed by atoms with E-state index < -0.39 is 18.5 Å². The number of hydrogen-bond acceptors (Lipinski definition) is 2. The van der Waals surface area contributed by atoms with Crippen LogP contribution < -0.4 is 10.2 Å². The van der Waals surface area contributed by atoms with Gasteiger partial charge in [0.2, 0.25) is 0 Å². The number of amides is 2. The lowest BCUT2D eigenvalue weighted by Crippen LogP contribution is -2.46. The molecule has 1 atom stereocenters. The molecule has 0 aromatic heterocycles. The van der Waals surface area contributed by atoms with Crippen molar-refractivity contribution in [2.75, 3.05) is 11.4 Å². The molecule has 0 radical (unpaired) electrons. The molecule has 2 rings (SSSR count). The van der Waals surface area contributed by atoms with E-state index in [0.29, 0.717) is 16.6 Å². The highest BCUT2D eigenvalue weighted by molar-refractivity contribution is 6.30. The van der Waals surface area contributed by atoms with Gasteiger partial charge in [0.1, 0.15) is 6.54 Å². The van der Waals surface area contributed by atoms with Crippen molar-refractivity contribution in [2.24, 2.45) is 5.92 Å². The summed E-state index contributed by atoms with van der Waals surface area (Å²) in [5.41, 5.74) is 0.473. The summed E-state index contributed by atoms with van der Waals surface area (Å²) in [7, 11) is 0. The molecule has 2 N–H and O–H groups in total. The Labute approximate surface area is 122 Å². The molecule has 0 bridgehead atoms. The number of carbonyl (C=O) groups is 2. The molecule has 0 saturated heterocycles. The summed E-state index contributed by atoms with van der Waals surface area (Å²) in [4.78, 5) is 24.4. The Morgan fingerprint density at radius 1 is 1.50 bits per heavy atom. The molecule has 0 spiro atoms. The Balaban J connectivity index is 2.13. The van der Waals surface area contributed by atoms with Gasteiger partial charge in [-0.15, -0.1) is 0 Å². The van der Waals surface area contributed by atoms with Crippen molar-refractivity contribution in [3.8, 4) is 0 Å². The van der Waals surface area contributed by atoms with Crippen molar-refractivity contribution in [3.63, 3.8) is 0 Å². The van der Waals surface area contributed by atoms with Crippen LogP contribution >= 0.6 is 11.6 Å². The van der Waals surface area contributed by atoms with Crippen molar-refractivity contribution >= 4 is 29.3 Å². The minimum Gasteiger partial charge on any atom is -0.480 e. The highest BCUT2D eigenvalue weighted by Gasteiger charge is 2.30. The number of benzene rings is 1. The minimum absolute atomic E-state index is 0.0537. The molecule has 1 aromatic carbocycles. The van der Waals surface area contributed by atoms with E-state index in [0.717, 1.165) is 12.8 Å². The number of carboxylic acids is 1. The van der Waals surface area contributed by atoms with Crippen LogP contribution in [0.3, 0.4) is 0 Å². The number of anilines is 1. The largest absolute Gasteiger partial charge is 0.480 e. The van der Waals surface area contributed by atoms with Gasteiger partial charge in [-0.3, -0.25) is 9.69 Å². The molecule has 6 heteroatoms. The Morgan fingerprint density at radius 2 is 2.20 bits per heavy atom. The Hall–Kier alpha value is -1.75. The van der Waals surface area contributed by atoms with Gasteiger partial charge in [-0.25, -0.2) is 4.79 Å². The van der Waals surface area contributed by atoms with Crippen LogP contribution in [0.5, 0.6) is 0 Å². The van der Waals surface area contributed by atoms with Gasteiger partial charge in [0, 0.05) is 16.8 Å². The maximum absolute atomic E-state index is 12.2. The van der Waals surface area contributed by atoms with E-state index in [4.69, 9.17) is 16.7 Å². The third kappa shape index (κ3) is 3.87. The lowest BCUT2D eigenvalue weighted by Gasteiger charge is -2.24. The number of hydrogen-bond donors (Lipinski definition) is 2. The Morgan fingerprint density at radius 3 is 2.75 bits per heavy atom. The Kier molecular flexibility index (Phi) is 4.49. The first-order chi connectivity index (χ1) is 9.47. The average Bonchev–Trinajstić information content (AvgIpc) is 3.19. The van der Waals surface area contributed by atoms with Crippen molar-refractivity contribution in [1.82, 2.24) is 5.32 Å². The van der Waals surface area contributed by atoms with Crippen LogP contribution in [0.4, 0.5) is 10.5 Å². The van der Waals surface area contributed by atoms with Gasteiger partial charge in [0.05, 0.1) is 0 Å². The lowest BCUT2D eigenvalue weighted by molar-refractivity contribution is -0.135. The van der Waals surface area contributed by atoms with E-state index in [1.165, 1.54) is 4.90 Å². The third-order valence-electron chi connectivity index (χ3n) is 3.34. The van der Waals surface area contributed by atoms with Crippen molar-refractivity contribution < 1.29 is 14.7 Å². The van der Waals surface area contributed by atoms with Crippen LogP contribution in [0, 0.1) is 5.92 Å². The van der Waals surface area contributed by atoms with Crippen molar-refractivity contribution in [3.05, 3.63) is 29.3 Å². The molecule has 1 saturated carbocycles. The fourth-order valence-corrected chi connectivity index (χ4v) is 2.23. The number of rotatable bonds is 5. The summed E-state index contributed by atoms with van der Waals surface area (Å²) in [6.07, 6.45) is 2.22. The molecule has 1 aromatic rings. The normalized spacial score (nSPS) is 15.5. The van der Waals surface area contributed by atoms with Gasteiger partial charge in [-0.2, -0.15) is 0 Å². The quantitative estimate of drug-likeness (QED) is 0.878. The van der Waals surface area contributed by atoms with Crippen molar-refractivity contribution in [2.45, 2.75) is 25.8 Å². The molecular formula is C14H17ClN2O3. The SMILES string of the molecule is CC(NC(=O)N(CC(=O)O)c1cccc(Cl)c1)C1CC1. The fourth-order valence-electron chi connectivity index (χ4n) is 2.05. The predicted molar refractivity (Wildman–Crippen MR) is 77.2 cm³/mol. The van der Waals surface area contributed by atoms with E-state index in [1.807, 2.05) is 6.92 Å². The smallest absolute Gasteiger partial charge is 0.323 e. The second kappa shape index (κ2) is 6.13. The summed E-state index contributed by atoms with van der Waals surface area (Å²) in [5, 5.41) is 12.3. The topological polar surface area (TPSA) is 69.6 Å². The summed E-state index contributed by atoms with van der Waals surface area (Å²) >= 11 is 5.89. The van der Waals surface area contributed by atoms with Crippen LogP contribution in [0.2, 0.25) is 5.02 Å². The van der Waals surface area contributed by atoms with Crippen LogP contribution in [0.25, 0.3) is 0 Å². The average molecular weight is 297 g/mol. The molecule has 1 unspecified atom stereocenters. The number of carboxylic acid groups (broad SMARTS) is 1. The molecule has 108 valence electrons. The Bertz CT molecular complexity index is 517. The van der Waals surface area contributed by atoms with Crippen LogP contribution in [-0.4, -0.2) is 29.7 Å². The minimum atomic E-state index is -1.07. The van der Waals surface area contributed by atoms with Gasteiger partial charge in [0.15, 0.2) is 0 Å². The summed E-state index contributed by atoms with van der Waals surface area (Å²) in [6, 6.07) is 6.24. The number of carbonyl (C=O) groups excluding carboxylic acids is 1. The lowest BCUT2D eigenvalue weighted by atomic mass is 10.2. The molecule has 1 aliphatic carbocycles. The molecule has 1 fully saturated rings. The second-order valence-corrected chi connectivity index (χ2v) is 5.47. The molecule has 0 heterocycles. The highest BCUT2D eigenvalue weighted by Crippen LogP contribution is 2.32. The maximum atomic E-state index is 12.2. The zero-order valence-corrected chi connectivity index (χ0v) is 11.9. The summed E-state index contributed by atoms with van der Waals surface area (Å²) < 4.78 is 0. The number of aliphatic carboxylic acids is 1. The van der Waals surface area contributed by atoms with Crippen LogP contribution in [-0.2, 0) is 4.79 Å². The predicted octanol–water partition coefficient (Wildman–Crippen LogP) is 2.74. The molecule has 2 amide bonds. The van der Waals surface area contributed by atoms with E-state index in [1.54, 1.807) is 24.3 Å². The van der Waals surface area contributed by atoms with E-state index in [9.17, 15) is 9.59 Å². The number of urea groups is 1. The molecular weight excluding hydrogens is 280 g/mol. The van der Waals surface area contributed by atoms with Gasteiger partial charge in [0.25, 0.3) is 0 Å². The third-order valence-corrected chi connectivity index (χ3v) is 3.57. The zero-order chi connectivity index (χ0) is 14.7. The summed E-state index contributed by atoms with van der Waals surface area (Å²) in [5.74, 6) is -0.566. The van der Waals surface area contributed by atoms with E-state index >= 15 is 0 Å². The van der Waals surface area contributed by atoms with Gasteiger partial charge in [-0.1, -0.05) is 17.7 Å². The standard InChI is InChI=1S/C14H17ClN2O3/c1-9(10-5-6-10)16-14(20)17(8-13(18)19)12-4-2-3-11(15)7-12/h2-4,7,9-10H,5-6,8H2,1H3,(H,16,20)(H,18,19). The van der Waals surface area contributed by atoms with Gasteiger partial charge >= 0.3 is 12.0 Å². The summed E-state index contributed by atoms with van der Waals surface area (Å²) in [6.45, 7) is 1.54. The van der Waals surface area contributed by atoms with Crippen LogP contribution in [0.1, 0.15) is 19.8 Å². The number of halogens is 1. The monoisotopic (exact) mass is 296 g/mol. The van der Waals surface area contributed by atoms with Crippen molar-refractivity contribution in [1.29, 1.82) is 0 Å². The van der Waals surface area contributed by atoms with Gasteiger partial charge < -0.3 is 10.4 Å². The maximum Gasteiger partial charge on any atom is 0.323 e. The van der Waals surface area contributed by atoms with E-state index in [2.05, 4.69) is 5.32 Å².